The lowest BCUT2D eigenvalue weighted by molar-refractivity contribution is 0.624. The second kappa shape index (κ2) is 5.72. The summed E-state index contributed by atoms with van der Waals surface area (Å²) >= 11 is 11.3. The van der Waals surface area contributed by atoms with Gasteiger partial charge in [0.25, 0.3) is 0 Å². The largest absolute Gasteiger partial charge is 0.206 e. The fourth-order valence-corrected chi connectivity index (χ4v) is 2.02. The number of halogens is 4. The Morgan fingerprint density at radius 3 is 2.37 bits per heavy atom. The van der Waals surface area contributed by atoms with E-state index in [4.69, 9.17) is 23.2 Å². The Labute approximate surface area is 120 Å². The van der Waals surface area contributed by atoms with Crippen LogP contribution in [-0.4, -0.2) is 0 Å². The molecule has 2 rings (SSSR count). The zero-order chi connectivity index (χ0) is 14.0. The van der Waals surface area contributed by atoms with Gasteiger partial charge >= 0.3 is 0 Å². The Morgan fingerprint density at radius 2 is 1.74 bits per heavy atom. The van der Waals surface area contributed by atoms with Crippen LogP contribution >= 0.6 is 23.2 Å². The Hall–Kier alpha value is -1.38. The molecule has 0 amide bonds. The summed E-state index contributed by atoms with van der Waals surface area (Å²) in [5.41, 5.74) is 1.73. The quantitative estimate of drug-likeness (QED) is 0.612. The monoisotopic (exact) mass is 298 g/mol. The minimum absolute atomic E-state index is 0.0625. The van der Waals surface area contributed by atoms with Crippen molar-refractivity contribution in [2.24, 2.45) is 0 Å². The first kappa shape index (κ1) is 14.0. The predicted molar refractivity (Wildman–Crippen MR) is 76.4 cm³/mol. The maximum absolute atomic E-state index is 13.7. The van der Waals surface area contributed by atoms with E-state index in [0.29, 0.717) is 21.7 Å². The van der Waals surface area contributed by atoms with Crippen LogP contribution < -0.4 is 0 Å². The molecule has 4 heteroatoms. The van der Waals surface area contributed by atoms with E-state index in [0.717, 1.165) is 0 Å². The van der Waals surface area contributed by atoms with Gasteiger partial charge in [0.15, 0.2) is 0 Å². The third kappa shape index (κ3) is 3.34. The van der Waals surface area contributed by atoms with Crippen molar-refractivity contribution in [1.29, 1.82) is 0 Å². The molecule has 0 nitrogen and oxygen atoms in total. The lowest BCUT2D eigenvalue weighted by Gasteiger charge is -2.05. The van der Waals surface area contributed by atoms with Gasteiger partial charge in [-0.1, -0.05) is 41.4 Å². The molecule has 0 N–H and O–H groups in total. The van der Waals surface area contributed by atoms with E-state index in [2.05, 4.69) is 0 Å². The van der Waals surface area contributed by atoms with Crippen LogP contribution in [0.2, 0.25) is 10.0 Å². The minimum atomic E-state index is -0.500. The van der Waals surface area contributed by atoms with E-state index in [1.807, 2.05) is 0 Å². The summed E-state index contributed by atoms with van der Waals surface area (Å²) in [5.74, 6) is -0.907. The van der Waals surface area contributed by atoms with Crippen LogP contribution in [0.3, 0.4) is 0 Å². The zero-order valence-electron chi connectivity index (χ0n) is 10.1. The molecule has 2 aromatic rings. The van der Waals surface area contributed by atoms with Gasteiger partial charge in [0, 0.05) is 10.6 Å². The molecule has 0 aliphatic carbocycles. The molecule has 0 radical (unpaired) electrons. The van der Waals surface area contributed by atoms with Crippen molar-refractivity contribution in [3.8, 4) is 0 Å². The summed E-state index contributed by atoms with van der Waals surface area (Å²) in [7, 11) is 0. The number of hydrogen-bond acceptors (Lipinski definition) is 0. The van der Waals surface area contributed by atoms with Crippen molar-refractivity contribution < 1.29 is 8.78 Å². The third-order valence-corrected chi connectivity index (χ3v) is 3.22. The normalized spacial score (nSPS) is 11.7. The van der Waals surface area contributed by atoms with Gasteiger partial charge in [-0.15, -0.1) is 0 Å². The van der Waals surface area contributed by atoms with Gasteiger partial charge < -0.3 is 0 Å². The summed E-state index contributed by atoms with van der Waals surface area (Å²) in [6.45, 7) is 1.75. The zero-order valence-corrected chi connectivity index (χ0v) is 11.6. The first-order valence-electron chi connectivity index (χ1n) is 5.56. The second-order valence-electron chi connectivity index (χ2n) is 4.13. The van der Waals surface area contributed by atoms with Crippen molar-refractivity contribution in [3.63, 3.8) is 0 Å². The molecule has 0 aliphatic heterocycles. The molecule has 19 heavy (non-hydrogen) atoms. The van der Waals surface area contributed by atoms with Gasteiger partial charge in [0.1, 0.15) is 11.6 Å². The summed E-state index contributed by atoms with van der Waals surface area (Å²) in [4.78, 5) is 0. The Kier molecular flexibility index (Phi) is 4.23. The molecule has 0 saturated heterocycles. The number of benzene rings is 2. The molecular weight excluding hydrogens is 289 g/mol. The fourth-order valence-electron chi connectivity index (χ4n) is 1.74. The van der Waals surface area contributed by atoms with Crippen LogP contribution in [-0.2, 0) is 0 Å². The molecule has 0 heterocycles. The number of rotatable bonds is 2. The number of allylic oxidation sites excluding steroid dienone is 1. The standard InChI is InChI=1S/C15H10Cl2F2/c1-9(12-4-3-11(16)8-14(12)18)6-10-2-5-13(17)15(19)7-10/h2-8H,1H3/b9-6-. The molecule has 0 aliphatic rings. The van der Waals surface area contributed by atoms with E-state index < -0.39 is 11.6 Å². The second-order valence-corrected chi connectivity index (χ2v) is 4.97. The van der Waals surface area contributed by atoms with Gasteiger partial charge in [-0.2, -0.15) is 0 Å². The average molecular weight is 299 g/mol. The van der Waals surface area contributed by atoms with Crippen LogP contribution in [0.1, 0.15) is 18.1 Å². The highest BCUT2D eigenvalue weighted by atomic mass is 35.5. The summed E-state index contributed by atoms with van der Waals surface area (Å²) in [5, 5.41) is 0.402. The van der Waals surface area contributed by atoms with E-state index >= 15 is 0 Å². The van der Waals surface area contributed by atoms with Crippen LogP contribution in [0.5, 0.6) is 0 Å². The van der Waals surface area contributed by atoms with Crippen molar-refractivity contribution in [2.45, 2.75) is 6.92 Å². The molecule has 0 fully saturated rings. The van der Waals surface area contributed by atoms with Gasteiger partial charge in [-0.05, 0) is 42.3 Å². The highest BCUT2D eigenvalue weighted by Gasteiger charge is 2.06. The Morgan fingerprint density at radius 1 is 1.00 bits per heavy atom. The topological polar surface area (TPSA) is 0 Å². The van der Waals surface area contributed by atoms with Crippen LogP contribution in [0, 0.1) is 11.6 Å². The van der Waals surface area contributed by atoms with Crippen LogP contribution in [0.25, 0.3) is 11.6 Å². The molecular formula is C15H10Cl2F2. The molecule has 0 unspecified atom stereocenters. The van der Waals surface area contributed by atoms with Gasteiger partial charge in [-0.3, -0.25) is 0 Å². The maximum atomic E-state index is 13.7. The fraction of sp³-hybridized carbons (Fsp3) is 0.0667. The summed E-state index contributed by atoms with van der Waals surface area (Å²) < 4.78 is 27.0. The third-order valence-electron chi connectivity index (χ3n) is 2.68. The van der Waals surface area contributed by atoms with Gasteiger partial charge in [0.05, 0.1) is 5.02 Å². The van der Waals surface area contributed by atoms with Gasteiger partial charge in [0.2, 0.25) is 0 Å². The van der Waals surface area contributed by atoms with E-state index in [1.54, 1.807) is 31.2 Å². The Balaban J connectivity index is 2.39. The van der Waals surface area contributed by atoms with Gasteiger partial charge in [-0.25, -0.2) is 8.78 Å². The van der Waals surface area contributed by atoms with Crippen molar-refractivity contribution in [3.05, 3.63) is 69.2 Å². The first-order valence-corrected chi connectivity index (χ1v) is 6.32. The minimum Gasteiger partial charge on any atom is -0.206 e. The predicted octanol–water partition coefficient (Wildman–Crippen LogP) is 5.83. The van der Waals surface area contributed by atoms with E-state index in [-0.39, 0.29) is 5.02 Å². The van der Waals surface area contributed by atoms with Crippen molar-refractivity contribution in [1.82, 2.24) is 0 Å². The molecule has 0 atom stereocenters. The lowest BCUT2D eigenvalue weighted by Crippen LogP contribution is -1.87. The highest BCUT2D eigenvalue weighted by Crippen LogP contribution is 2.24. The molecule has 0 saturated carbocycles. The molecule has 98 valence electrons. The van der Waals surface area contributed by atoms with Crippen molar-refractivity contribution in [2.75, 3.05) is 0 Å². The van der Waals surface area contributed by atoms with Crippen LogP contribution in [0.15, 0.2) is 36.4 Å². The van der Waals surface area contributed by atoms with E-state index in [9.17, 15) is 8.78 Å². The maximum Gasteiger partial charge on any atom is 0.142 e. The molecule has 0 bridgehead atoms. The number of hydrogen-bond donors (Lipinski definition) is 0. The molecule has 2 aromatic carbocycles. The van der Waals surface area contributed by atoms with E-state index in [1.165, 1.54) is 18.2 Å². The summed E-state index contributed by atoms with van der Waals surface area (Å²) in [6.07, 6.45) is 1.69. The summed E-state index contributed by atoms with van der Waals surface area (Å²) in [6, 6.07) is 8.89. The highest BCUT2D eigenvalue weighted by molar-refractivity contribution is 6.31. The van der Waals surface area contributed by atoms with Crippen LogP contribution in [0.4, 0.5) is 8.78 Å². The average Bonchev–Trinajstić information content (AvgIpc) is 2.33. The SMILES string of the molecule is C/C(=C/c1ccc(Cl)c(F)c1)c1ccc(Cl)cc1F. The smallest absolute Gasteiger partial charge is 0.142 e. The first-order chi connectivity index (χ1) is 8.97. The van der Waals surface area contributed by atoms with Crippen molar-refractivity contribution >= 4 is 34.9 Å². The molecule has 0 aromatic heterocycles. The Bertz CT molecular complexity index is 649. The molecule has 0 spiro atoms. The lowest BCUT2D eigenvalue weighted by atomic mass is 10.0.